The Balaban J connectivity index is 2.17. The lowest BCUT2D eigenvalue weighted by Gasteiger charge is -2.28. The van der Waals surface area contributed by atoms with Gasteiger partial charge in [-0.05, 0) is 25.0 Å². The van der Waals surface area contributed by atoms with Crippen molar-refractivity contribution in [3.63, 3.8) is 0 Å². The van der Waals surface area contributed by atoms with Crippen LogP contribution in [0.25, 0.3) is 0 Å². The number of benzene rings is 1. The second-order valence-electron chi connectivity index (χ2n) is 4.68. The Hall–Kier alpha value is -1.16. The first-order valence-corrected chi connectivity index (χ1v) is 6.36. The molecule has 1 aliphatic rings. The Bertz CT molecular complexity index is 421. The Morgan fingerprint density at radius 3 is 2.83 bits per heavy atom. The molecule has 2 rings (SSSR count). The molecule has 4 heteroatoms. The standard InChI is InChI=1S/C14H18F2O2/c1-3-10-7-11(15)8-13(16)14(10)18-12-4-5-17-9(2)6-12/h7-9,12H,3-6H2,1-2H3. The Labute approximate surface area is 106 Å². The highest BCUT2D eigenvalue weighted by atomic mass is 19.1. The van der Waals surface area contributed by atoms with Crippen LogP contribution >= 0.6 is 0 Å². The molecule has 1 fully saturated rings. The zero-order valence-corrected chi connectivity index (χ0v) is 10.7. The number of hydrogen-bond acceptors (Lipinski definition) is 2. The van der Waals surface area contributed by atoms with Crippen molar-refractivity contribution in [3.05, 3.63) is 29.3 Å². The summed E-state index contributed by atoms with van der Waals surface area (Å²) in [6, 6.07) is 2.21. The van der Waals surface area contributed by atoms with Crippen LogP contribution in [0.4, 0.5) is 8.78 Å². The fraction of sp³-hybridized carbons (Fsp3) is 0.571. The summed E-state index contributed by atoms with van der Waals surface area (Å²) >= 11 is 0. The fourth-order valence-corrected chi connectivity index (χ4v) is 2.24. The monoisotopic (exact) mass is 256 g/mol. The number of ether oxygens (including phenoxy) is 2. The molecule has 1 saturated heterocycles. The quantitative estimate of drug-likeness (QED) is 0.824. The van der Waals surface area contributed by atoms with Gasteiger partial charge in [0.25, 0.3) is 0 Å². The van der Waals surface area contributed by atoms with Crippen LogP contribution in [0.15, 0.2) is 12.1 Å². The van der Waals surface area contributed by atoms with Crippen LogP contribution in [0.2, 0.25) is 0 Å². The van der Waals surface area contributed by atoms with E-state index in [4.69, 9.17) is 9.47 Å². The molecular weight excluding hydrogens is 238 g/mol. The lowest BCUT2D eigenvalue weighted by molar-refractivity contribution is -0.0264. The second kappa shape index (κ2) is 5.65. The molecule has 1 aromatic rings. The van der Waals surface area contributed by atoms with Gasteiger partial charge >= 0.3 is 0 Å². The first kappa shape index (κ1) is 13.3. The van der Waals surface area contributed by atoms with E-state index in [0.717, 1.165) is 18.9 Å². The van der Waals surface area contributed by atoms with Crippen LogP contribution in [-0.4, -0.2) is 18.8 Å². The predicted molar refractivity (Wildman–Crippen MR) is 64.8 cm³/mol. The van der Waals surface area contributed by atoms with Crippen molar-refractivity contribution in [3.8, 4) is 5.75 Å². The van der Waals surface area contributed by atoms with E-state index >= 15 is 0 Å². The van der Waals surface area contributed by atoms with Crippen molar-refractivity contribution in [1.82, 2.24) is 0 Å². The van der Waals surface area contributed by atoms with Gasteiger partial charge in [-0.3, -0.25) is 0 Å². The smallest absolute Gasteiger partial charge is 0.168 e. The van der Waals surface area contributed by atoms with Gasteiger partial charge in [-0.15, -0.1) is 0 Å². The predicted octanol–water partition coefficient (Wildman–Crippen LogP) is 3.47. The molecule has 0 radical (unpaired) electrons. The van der Waals surface area contributed by atoms with Gasteiger partial charge in [-0.1, -0.05) is 6.92 Å². The van der Waals surface area contributed by atoms with Crippen molar-refractivity contribution in [2.24, 2.45) is 0 Å². The number of hydrogen-bond donors (Lipinski definition) is 0. The summed E-state index contributed by atoms with van der Waals surface area (Å²) in [6.07, 6.45) is 2.09. The second-order valence-corrected chi connectivity index (χ2v) is 4.68. The minimum absolute atomic E-state index is 0.0565. The SMILES string of the molecule is CCc1cc(F)cc(F)c1OC1CCOC(C)C1. The molecule has 0 aromatic heterocycles. The molecule has 0 spiro atoms. The van der Waals surface area contributed by atoms with Gasteiger partial charge in [0, 0.05) is 18.9 Å². The molecule has 0 aliphatic carbocycles. The molecule has 2 atom stereocenters. The maximum absolute atomic E-state index is 13.8. The Morgan fingerprint density at radius 1 is 1.39 bits per heavy atom. The number of halogens is 2. The van der Waals surface area contributed by atoms with Gasteiger partial charge < -0.3 is 9.47 Å². The first-order chi connectivity index (χ1) is 8.60. The lowest BCUT2D eigenvalue weighted by Crippen LogP contribution is -2.31. The van der Waals surface area contributed by atoms with E-state index in [1.54, 1.807) is 0 Å². The molecule has 1 aromatic carbocycles. The van der Waals surface area contributed by atoms with E-state index in [1.807, 2.05) is 13.8 Å². The van der Waals surface area contributed by atoms with Gasteiger partial charge in [-0.2, -0.15) is 0 Å². The average molecular weight is 256 g/mol. The van der Waals surface area contributed by atoms with Gasteiger partial charge in [0.1, 0.15) is 11.9 Å². The molecule has 0 amide bonds. The molecular formula is C14H18F2O2. The van der Waals surface area contributed by atoms with E-state index < -0.39 is 11.6 Å². The summed E-state index contributed by atoms with van der Waals surface area (Å²) in [5, 5.41) is 0. The van der Waals surface area contributed by atoms with E-state index in [9.17, 15) is 8.78 Å². The van der Waals surface area contributed by atoms with Crippen LogP contribution in [0.1, 0.15) is 32.3 Å². The van der Waals surface area contributed by atoms with Crippen LogP contribution < -0.4 is 4.74 Å². The van der Waals surface area contributed by atoms with Crippen molar-refractivity contribution in [1.29, 1.82) is 0 Å². The summed E-state index contributed by atoms with van der Waals surface area (Å²) in [4.78, 5) is 0. The number of rotatable bonds is 3. The molecule has 100 valence electrons. The topological polar surface area (TPSA) is 18.5 Å². The maximum Gasteiger partial charge on any atom is 0.168 e. The maximum atomic E-state index is 13.8. The van der Waals surface area contributed by atoms with Crippen LogP contribution in [0.5, 0.6) is 5.75 Å². The van der Waals surface area contributed by atoms with Crippen molar-refractivity contribution in [2.75, 3.05) is 6.61 Å². The van der Waals surface area contributed by atoms with Gasteiger partial charge in [0.15, 0.2) is 11.6 Å². The molecule has 0 saturated carbocycles. The van der Waals surface area contributed by atoms with Gasteiger partial charge in [-0.25, -0.2) is 8.78 Å². The van der Waals surface area contributed by atoms with Crippen LogP contribution in [0, 0.1) is 11.6 Å². The minimum atomic E-state index is -0.619. The fourth-order valence-electron chi connectivity index (χ4n) is 2.24. The molecule has 1 heterocycles. The third-order valence-corrected chi connectivity index (χ3v) is 3.19. The van der Waals surface area contributed by atoms with E-state index in [1.165, 1.54) is 6.07 Å². The number of aryl methyl sites for hydroxylation is 1. The molecule has 2 nitrogen and oxygen atoms in total. The summed E-state index contributed by atoms with van der Waals surface area (Å²) in [6.45, 7) is 4.45. The third-order valence-electron chi connectivity index (χ3n) is 3.19. The zero-order chi connectivity index (χ0) is 13.1. The highest BCUT2D eigenvalue weighted by Gasteiger charge is 2.23. The molecule has 1 aliphatic heterocycles. The Morgan fingerprint density at radius 2 is 2.17 bits per heavy atom. The zero-order valence-electron chi connectivity index (χ0n) is 10.7. The molecule has 0 N–H and O–H groups in total. The Kier molecular flexibility index (Phi) is 4.17. The normalized spacial score (nSPS) is 24.0. The largest absolute Gasteiger partial charge is 0.487 e. The van der Waals surface area contributed by atoms with Crippen molar-refractivity contribution < 1.29 is 18.3 Å². The van der Waals surface area contributed by atoms with Gasteiger partial charge in [0.05, 0.1) is 12.7 Å². The minimum Gasteiger partial charge on any atom is -0.487 e. The highest BCUT2D eigenvalue weighted by molar-refractivity contribution is 5.35. The first-order valence-electron chi connectivity index (χ1n) is 6.36. The third kappa shape index (κ3) is 2.99. The summed E-state index contributed by atoms with van der Waals surface area (Å²) in [7, 11) is 0. The van der Waals surface area contributed by atoms with Gasteiger partial charge in [0.2, 0.25) is 0 Å². The molecule has 18 heavy (non-hydrogen) atoms. The van der Waals surface area contributed by atoms with Crippen molar-refractivity contribution in [2.45, 2.75) is 45.3 Å². The van der Waals surface area contributed by atoms with E-state index in [0.29, 0.717) is 18.6 Å². The summed E-state index contributed by atoms with van der Waals surface area (Å²) < 4.78 is 38.0. The summed E-state index contributed by atoms with van der Waals surface area (Å²) in [5.41, 5.74) is 0.576. The molecule has 2 unspecified atom stereocenters. The average Bonchev–Trinajstić information content (AvgIpc) is 2.32. The van der Waals surface area contributed by atoms with Crippen LogP contribution in [-0.2, 0) is 11.2 Å². The summed E-state index contributed by atoms with van der Waals surface area (Å²) in [5.74, 6) is -0.985. The van der Waals surface area contributed by atoms with Crippen molar-refractivity contribution >= 4 is 0 Å². The molecule has 0 bridgehead atoms. The van der Waals surface area contributed by atoms with Crippen LogP contribution in [0.3, 0.4) is 0 Å². The van der Waals surface area contributed by atoms with E-state index in [2.05, 4.69) is 0 Å². The van der Waals surface area contributed by atoms with E-state index in [-0.39, 0.29) is 18.0 Å². The lowest BCUT2D eigenvalue weighted by atomic mass is 10.1. The highest BCUT2D eigenvalue weighted by Crippen LogP contribution is 2.28.